The maximum absolute atomic E-state index is 12.4. The minimum atomic E-state index is -0.455. The lowest BCUT2D eigenvalue weighted by Gasteiger charge is -2.12. The molecule has 0 fully saturated rings. The third kappa shape index (κ3) is 6.79. The van der Waals surface area contributed by atoms with Gasteiger partial charge in [0.05, 0.1) is 17.7 Å². The number of rotatable bonds is 10. The lowest BCUT2D eigenvalue weighted by atomic mass is 10.0. The molecule has 6 heteroatoms. The molecular weight excluding hydrogens is 420 g/mol. The van der Waals surface area contributed by atoms with E-state index in [1.54, 1.807) is 68.6 Å². The zero-order chi connectivity index (χ0) is 23.6. The molecule has 0 N–H and O–H groups in total. The van der Waals surface area contributed by atoms with E-state index < -0.39 is 11.9 Å². The maximum atomic E-state index is 12.4. The van der Waals surface area contributed by atoms with Gasteiger partial charge in [-0.15, -0.1) is 0 Å². The minimum absolute atomic E-state index is 0.319. The Morgan fingerprint density at radius 2 is 1.33 bits per heavy atom. The van der Waals surface area contributed by atoms with Crippen molar-refractivity contribution >= 4 is 11.9 Å². The van der Waals surface area contributed by atoms with Gasteiger partial charge in [-0.1, -0.05) is 36.9 Å². The van der Waals surface area contributed by atoms with Crippen LogP contribution < -0.4 is 9.47 Å². The van der Waals surface area contributed by atoms with Gasteiger partial charge in [-0.2, -0.15) is 0 Å². The molecule has 0 saturated heterocycles. The van der Waals surface area contributed by atoms with E-state index in [-0.39, 0.29) is 6.10 Å². The second-order valence-corrected chi connectivity index (χ2v) is 7.29. The Labute approximate surface area is 193 Å². The Morgan fingerprint density at radius 3 is 1.91 bits per heavy atom. The molecule has 0 amide bonds. The molecular formula is C27H26O6. The van der Waals surface area contributed by atoms with Gasteiger partial charge in [0.2, 0.25) is 0 Å². The highest BCUT2D eigenvalue weighted by Crippen LogP contribution is 2.24. The highest BCUT2D eigenvalue weighted by Gasteiger charge is 2.12. The number of esters is 2. The average molecular weight is 446 g/mol. The number of carbonyl (C=O) groups excluding carboxylic acids is 2. The lowest BCUT2D eigenvalue weighted by Crippen LogP contribution is -2.19. The first-order chi connectivity index (χ1) is 16.0. The summed E-state index contributed by atoms with van der Waals surface area (Å²) in [6.07, 6.45) is 1.33. The van der Waals surface area contributed by atoms with Crippen molar-refractivity contribution in [1.82, 2.24) is 0 Å². The fourth-order valence-electron chi connectivity index (χ4n) is 3.04. The van der Waals surface area contributed by atoms with Gasteiger partial charge < -0.3 is 18.9 Å². The second-order valence-electron chi connectivity index (χ2n) is 7.29. The molecule has 1 atom stereocenters. The van der Waals surface area contributed by atoms with Crippen LogP contribution in [0.25, 0.3) is 11.1 Å². The number of carbonyl (C=O) groups is 2. The summed E-state index contributed by atoms with van der Waals surface area (Å²) in [6.45, 7) is 6.12. The van der Waals surface area contributed by atoms with E-state index in [0.29, 0.717) is 35.8 Å². The molecule has 0 aliphatic carbocycles. The molecule has 0 bridgehead atoms. The van der Waals surface area contributed by atoms with Crippen LogP contribution in [-0.4, -0.2) is 38.4 Å². The Balaban J connectivity index is 1.60. The number of ether oxygens (including phenoxy) is 4. The molecule has 3 rings (SSSR count). The monoisotopic (exact) mass is 446 g/mol. The fourth-order valence-corrected chi connectivity index (χ4v) is 3.04. The van der Waals surface area contributed by atoms with E-state index in [9.17, 15) is 9.59 Å². The SMILES string of the molecule is C=CCOc1ccc(C(=O)Oc2ccc(-c3ccc(C(=O)O[C@@H](C)COC)cc3)cc2)cc1. The predicted octanol–water partition coefficient (Wildman–Crippen LogP) is 5.33. The zero-order valence-electron chi connectivity index (χ0n) is 18.7. The largest absolute Gasteiger partial charge is 0.490 e. The molecule has 6 nitrogen and oxygen atoms in total. The standard InChI is InChI=1S/C27H26O6/c1-4-17-31-24-13-11-23(12-14-24)27(29)33-25-15-9-21(10-16-25)20-5-7-22(8-6-20)26(28)32-19(2)18-30-3/h4-16,19H,1,17-18H2,2-3H3/t19-/m0/s1. The molecule has 0 saturated carbocycles. The summed E-state index contributed by atoms with van der Waals surface area (Å²) in [5, 5.41) is 0. The molecule has 0 aliphatic heterocycles. The van der Waals surface area contributed by atoms with Gasteiger partial charge in [-0.25, -0.2) is 9.59 Å². The number of hydrogen-bond acceptors (Lipinski definition) is 6. The van der Waals surface area contributed by atoms with Crippen LogP contribution in [0.3, 0.4) is 0 Å². The van der Waals surface area contributed by atoms with Crippen LogP contribution >= 0.6 is 0 Å². The van der Waals surface area contributed by atoms with Gasteiger partial charge in [-0.3, -0.25) is 0 Å². The predicted molar refractivity (Wildman–Crippen MR) is 126 cm³/mol. The van der Waals surface area contributed by atoms with E-state index in [1.165, 1.54) is 0 Å². The van der Waals surface area contributed by atoms with Crippen LogP contribution in [0, 0.1) is 0 Å². The summed E-state index contributed by atoms with van der Waals surface area (Å²) in [5.74, 6) is 0.236. The van der Waals surface area contributed by atoms with Crippen LogP contribution in [0.4, 0.5) is 0 Å². The molecule has 0 heterocycles. The van der Waals surface area contributed by atoms with Gasteiger partial charge in [0.15, 0.2) is 0 Å². The van der Waals surface area contributed by atoms with Gasteiger partial charge in [0.1, 0.15) is 24.2 Å². The van der Waals surface area contributed by atoms with Crippen molar-refractivity contribution in [2.75, 3.05) is 20.3 Å². The molecule has 3 aromatic carbocycles. The maximum Gasteiger partial charge on any atom is 0.343 e. The molecule has 33 heavy (non-hydrogen) atoms. The van der Waals surface area contributed by atoms with Crippen molar-refractivity contribution in [2.45, 2.75) is 13.0 Å². The van der Waals surface area contributed by atoms with Crippen LogP contribution in [0.15, 0.2) is 85.5 Å². The van der Waals surface area contributed by atoms with E-state index in [0.717, 1.165) is 11.1 Å². The molecule has 3 aromatic rings. The summed E-state index contributed by atoms with van der Waals surface area (Å²) in [7, 11) is 1.56. The highest BCUT2D eigenvalue weighted by molar-refractivity contribution is 5.91. The third-order valence-electron chi connectivity index (χ3n) is 4.69. The Morgan fingerprint density at radius 1 is 0.818 bits per heavy atom. The molecule has 0 aromatic heterocycles. The Kier molecular flexibility index (Phi) is 8.38. The van der Waals surface area contributed by atoms with E-state index in [4.69, 9.17) is 18.9 Å². The fraction of sp³-hybridized carbons (Fsp3) is 0.185. The Bertz CT molecular complexity index is 1070. The lowest BCUT2D eigenvalue weighted by molar-refractivity contribution is 0.0120. The summed E-state index contributed by atoms with van der Waals surface area (Å²) >= 11 is 0. The number of benzene rings is 3. The molecule has 0 spiro atoms. The smallest absolute Gasteiger partial charge is 0.343 e. The highest BCUT2D eigenvalue weighted by atomic mass is 16.6. The summed E-state index contributed by atoms with van der Waals surface area (Å²) < 4.78 is 21.2. The first-order valence-corrected chi connectivity index (χ1v) is 10.5. The first kappa shape index (κ1) is 23.8. The van der Waals surface area contributed by atoms with Crippen molar-refractivity contribution in [2.24, 2.45) is 0 Å². The minimum Gasteiger partial charge on any atom is -0.490 e. The van der Waals surface area contributed by atoms with Gasteiger partial charge >= 0.3 is 11.9 Å². The molecule has 170 valence electrons. The van der Waals surface area contributed by atoms with Crippen molar-refractivity contribution in [3.63, 3.8) is 0 Å². The van der Waals surface area contributed by atoms with Crippen molar-refractivity contribution < 1.29 is 28.5 Å². The summed E-state index contributed by atoms with van der Waals surface area (Å²) in [4.78, 5) is 24.6. The van der Waals surface area contributed by atoms with E-state index in [2.05, 4.69) is 6.58 Å². The molecule has 0 radical (unpaired) electrons. The van der Waals surface area contributed by atoms with Crippen molar-refractivity contribution in [3.8, 4) is 22.6 Å². The van der Waals surface area contributed by atoms with Crippen LogP contribution in [0.5, 0.6) is 11.5 Å². The summed E-state index contributed by atoms with van der Waals surface area (Å²) in [6, 6.07) is 21.0. The van der Waals surface area contributed by atoms with Gasteiger partial charge in [0.25, 0.3) is 0 Å². The van der Waals surface area contributed by atoms with Crippen LogP contribution in [0.2, 0.25) is 0 Å². The van der Waals surface area contributed by atoms with Crippen LogP contribution in [-0.2, 0) is 9.47 Å². The van der Waals surface area contributed by atoms with Crippen molar-refractivity contribution in [3.05, 3.63) is 96.6 Å². The number of hydrogen-bond donors (Lipinski definition) is 0. The van der Waals surface area contributed by atoms with Crippen molar-refractivity contribution in [1.29, 1.82) is 0 Å². The quantitative estimate of drug-likeness (QED) is 0.238. The normalized spacial score (nSPS) is 11.3. The number of methoxy groups -OCH3 is 1. The van der Waals surface area contributed by atoms with E-state index >= 15 is 0 Å². The Hall–Kier alpha value is -3.90. The van der Waals surface area contributed by atoms with Crippen LogP contribution in [0.1, 0.15) is 27.6 Å². The third-order valence-corrected chi connectivity index (χ3v) is 4.69. The zero-order valence-corrected chi connectivity index (χ0v) is 18.7. The molecule has 0 unspecified atom stereocenters. The summed E-state index contributed by atoms with van der Waals surface area (Å²) in [5.41, 5.74) is 2.73. The second kappa shape index (κ2) is 11.6. The van der Waals surface area contributed by atoms with E-state index in [1.807, 2.05) is 24.3 Å². The molecule has 0 aliphatic rings. The average Bonchev–Trinajstić information content (AvgIpc) is 2.83. The first-order valence-electron chi connectivity index (χ1n) is 10.5. The van der Waals surface area contributed by atoms with Gasteiger partial charge in [-0.05, 0) is 66.6 Å². The van der Waals surface area contributed by atoms with Gasteiger partial charge in [0, 0.05) is 7.11 Å². The topological polar surface area (TPSA) is 71.1 Å².